The first-order valence-corrected chi connectivity index (χ1v) is 18.8. The summed E-state index contributed by atoms with van der Waals surface area (Å²) in [6.07, 6.45) is 3.08. The van der Waals surface area contributed by atoms with Gasteiger partial charge >= 0.3 is 0 Å². The maximum Gasteiger partial charge on any atom is 0.258 e. The lowest BCUT2D eigenvalue weighted by Gasteiger charge is -2.33. The number of aromatic nitrogens is 2. The Labute approximate surface area is 324 Å². The number of hydrogen-bond acceptors (Lipinski definition) is 11. The summed E-state index contributed by atoms with van der Waals surface area (Å²) in [6.45, 7) is 7.07. The molecule has 7 amide bonds. The third-order valence-corrected chi connectivity index (χ3v) is 10.2. The molecular formula is C37H54N10O9. The van der Waals surface area contributed by atoms with Crippen LogP contribution in [0.25, 0.3) is 0 Å². The highest BCUT2D eigenvalue weighted by Gasteiger charge is 2.39. The standard InChI is InChI=1S/C37H54N10O9/c1-5-20(4)30(36(54)44-29(19(2)3)32(38)50)45-35(53)26-7-6-12-47(26)16-27(48)24-13-21-8-10-23(11-9-21)56-17-28(49)42-25(14-22-15-40-18-41-22)34(52)46-31(33(39)51)37(55)43-24/h8-11,15,18-20,24-27,29-31,48H,5-7,12-14,16-17H2,1-4H3,(H2,38,50)(H2,39,51)(H,40,41)(H,42,49)(H,43,55)(H,44,54)(H,45,53)(H,46,52)/t20-,24-,25-,26-,27+,29-,30-,31-/m0/s1. The van der Waals surface area contributed by atoms with Crippen molar-refractivity contribution in [2.45, 2.75) is 102 Å². The Morgan fingerprint density at radius 2 is 1.71 bits per heavy atom. The van der Waals surface area contributed by atoms with E-state index < -0.39 is 90.3 Å². The number of primary amides is 2. The fourth-order valence-electron chi connectivity index (χ4n) is 6.71. The molecule has 3 aliphatic heterocycles. The number of hydrogen-bond donors (Lipinski definition) is 9. The van der Waals surface area contributed by atoms with Crippen LogP contribution in [0, 0.1) is 11.8 Å². The fraction of sp³-hybridized carbons (Fsp3) is 0.568. The van der Waals surface area contributed by atoms with Crippen LogP contribution in [-0.2, 0) is 46.4 Å². The lowest BCUT2D eigenvalue weighted by Crippen LogP contribution is -2.62. The summed E-state index contributed by atoms with van der Waals surface area (Å²) in [7, 11) is 0. The number of aliphatic hydroxyl groups is 1. The summed E-state index contributed by atoms with van der Waals surface area (Å²) in [5.74, 6) is -5.59. The van der Waals surface area contributed by atoms with Gasteiger partial charge in [-0.3, -0.25) is 38.5 Å². The number of carbonyl (C=O) groups is 7. The maximum absolute atomic E-state index is 13.8. The smallest absolute Gasteiger partial charge is 0.258 e. The van der Waals surface area contributed by atoms with Gasteiger partial charge in [0, 0.05) is 24.9 Å². The van der Waals surface area contributed by atoms with Crippen LogP contribution in [0.2, 0.25) is 0 Å². The Morgan fingerprint density at radius 1 is 1.00 bits per heavy atom. The van der Waals surface area contributed by atoms with Gasteiger partial charge in [-0.05, 0) is 55.3 Å². The van der Waals surface area contributed by atoms with Crippen molar-refractivity contribution in [3.05, 3.63) is 48.0 Å². The number of carbonyl (C=O) groups excluding carboxylic acids is 7. The number of aliphatic hydroxyl groups excluding tert-OH is 1. The highest BCUT2D eigenvalue weighted by atomic mass is 16.5. The number of amides is 7. The second kappa shape index (κ2) is 19.9. The summed E-state index contributed by atoms with van der Waals surface area (Å²) in [5, 5.41) is 24.8. The van der Waals surface area contributed by atoms with Crippen LogP contribution < -0.4 is 42.8 Å². The summed E-state index contributed by atoms with van der Waals surface area (Å²) < 4.78 is 5.62. The third-order valence-electron chi connectivity index (χ3n) is 10.2. The zero-order chi connectivity index (χ0) is 41.1. The SMILES string of the molecule is CC[C@H](C)[C@H](NC(=O)[C@@H]1CCCN1C[C@@H](O)[C@@H]1Cc2ccc(cc2)OCC(=O)N[C@@H](Cc2cnc[nH]2)C(=O)N[C@@H](C(N)=O)C(=O)N1)C(=O)N[C@H](C(N)=O)C(C)C. The zero-order valence-electron chi connectivity index (χ0n) is 32.1. The maximum atomic E-state index is 13.8. The molecule has 1 saturated heterocycles. The molecule has 306 valence electrons. The number of β-amino-alcohol motifs (C(OH)–C–C–N with tert-alkyl or cyclic N) is 1. The molecule has 11 N–H and O–H groups in total. The van der Waals surface area contributed by atoms with Crippen LogP contribution in [0.5, 0.6) is 5.75 Å². The number of nitrogens with two attached hydrogens (primary N) is 2. The first kappa shape index (κ1) is 43.2. The van der Waals surface area contributed by atoms with Crippen LogP contribution in [0.4, 0.5) is 0 Å². The molecule has 0 unspecified atom stereocenters. The minimum atomic E-state index is -1.89. The normalized spacial score (nSPS) is 23.1. The summed E-state index contributed by atoms with van der Waals surface area (Å²) in [4.78, 5) is 100. The van der Waals surface area contributed by atoms with Crippen LogP contribution in [0.3, 0.4) is 0 Å². The van der Waals surface area contributed by atoms with Gasteiger partial charge < -0.3 is 52.9 Å². The molecule has 0 spiro atoms. The van der Waals surface area contributed by atoms with Crippen molar-refractivity contribution in [2.75, 3.05) is 19.7 Å². The van der Waals surface area contributed by atoms with E-state index in [0.717, 1.165) is 0 Å². The molecule has 56 heavy (non-hydrogen) atoms. The number of fused-ring (bicyclic) bond motifs is 13. The van der Waals surface area contributed by atoms with Gasteiger partial charge in [0.1, 0.15) is 23.9 Å². The third kappa shape index (κ3) is 11.7. The number of likely N-dealkylation sites (tertiary alicyclic amines) is 1. The van der Waals surface area contributed by atoms with Crippen molar-refractivity contribution in [2.24, 2.45) is 23.3 Å². The average Bonchev–Trinajstić information content (AvgIpc) is 3.85. The van der Waals surface area contributed by atoms with E-state index >= 15 is 0 Å². The molecule has 0 aliphatic carbocycles. The van der Waals surface area contributed by atoms with E-state index in [1.807, 2.05) is 13.8 Å². The Hall–Kier alpha value is -5.56. The lowest BCUT2D eigenvalue weighted by atomic mass is 9.96. The second-order valence-electron chi connectivity index (χ2n) is 14.7. The molecule has 4 heterocycles. The minimum absolute atomic E-state index is 0.0490. The van der Waals surface area contributed by atoms with Gasteiger partial charge in [-0.25, -0.2) is 4.98 Å². The predicted molar refractivity (Wildman–Crippen MR) is 201 cm³/mol. The van der Waals surface area contributed by atoms with Gasteiger partial charge in [0.2, 0.25) is 29.5 Å². The molecule has 1 aromatic carbocycles. The van der Waals surface area contributed by atoms with Crippen molar-refractivity contribution in [1.82, 2.24) is 41.5 Å². The van der Waals surface area contributed by atoms with Gasteiger partial charge in [0.25, 0.3) is 11.8 Å². The first-order valence-electron chi connectivity index (χ1n) is 18.8. The van der Waals surface area contributed by atoms with E-state index in [9.17, 15) is 38.7 Å². The monoisotopic (exact) mass is 782 g/mol. The van der Waals surface area contributed by atoms with E-state index in [4.69, 9.17) is 16.2 Å². The summed E-state index contributed by atoms with van der Waals surface area (Å²) in [6, 6.07) is -0.231. The van der Waals surface area contributed by atoms with Crippen molar-refractivity contribution >= 4 is 41.4 Å². The molecule has 1 fully saturated rings. The Balaban J connectivity index is 1.55. The van der Waals surface area contributed by atoms with E-state index in [1.165, 1.54) is 12.5 Å². The van der Waals surface area contributed by atoms with Gasteiger partial charge in [-0.15, -0.1) is 0 Å². The van der Waals surface area contributed by atoms with Crippen LogP contribution in [0.1, 0.15) is 58.2 Å². The van der Waals surface area contributed by atoms with Crippen molar-refractivity contribution in [1.29, 1.82) is 0 Å². The molecule has 0 radical (unpaired) electrons. The van der Waals surface area contributed by atoms with E-state index in [1.54, 1.807) is 43.0 Å². The quantitative estimate of drug-likeness (QED) is 0.0714. The molecule has 5 rings (SSSR count). The largest absolute Gasteiger partial charge is 0.484 e. The molecule has 2 aromatic rings. The number of nitrogens with zero attached hydrogens (tertiary/aromatic N) is 2. The van der Waals surface area contributed by atoms with E-state index in [-0.39, 0.29) is 31.2 Å². The van der Waals surface area contributed by atoms with Crippen LogP contribution >= 0.6 is 0 Å². The Kier molecular flexibility index (Phi) is 15.3. The van der Waals surface area contributed by atoms with Crippen LogP contribution in [-0.4, -0.2) is 123 Å². The number of aromatic amines is 1. The number of nitrogens with one attached hydrogen (secondary N) is 6. The fourth-order valence-corrected chi connectivity index (χ4v) is 6.71. The van der Waals surface area contributed by atoms with E-state index in [2.05, 4.69) is 36.6 Å². The van der Waals surface area contributed by atoms with Gasteiger partial charge in [0.05, 0.1) is 24.5 Å². The number of imidazole rings is 1. The number of H-pyrrole nitrogens is 1. The Morgan fingerprint density at radius 3 is 2.32 bits per heavy atom. The number of rotatable bonds is 14. The Bertz CT molecular complexity index is 1700. The summed E-state index contributed by atoms with van der Waals surface area (Å²) in [5.41, 5.74) is 12.2. The second-order valence-corrected chi connectivity index (χ2v) is 14.7. The highest BCUT2D eigenvalue weighted by Crippen LogP contribution is 2.21. The molecule has 8 atom stereocenters. The van der Waals surface area contributed by atoms with Crippen molar-refractivity contribution < 1.29 is 43.4 Å². The first-order chi connectivity index (χ1) is 26.6. The number of ether oxygens (including phenoxy) is 1. The lowest BCUT2D eigenvalue weighted by molar-refractivity contribution is -0.137. The molecule has 3 aliphatic rings. The van der Waals surface area contributed by atoms with Crippen LogP contribution in [0.15, 0.2) is 36.8 Å². The zero-order valence-corrected chi connectivity index (χ0v) is 32.1. The molecular weight excluding hydrogens is 728 g/mol. The van der Waals surface area contributed by atoms with Gasteiger partial charge in [-0.2, -0.15) is 0 Å². The average molecular weight is 783 g/mol. The minimum Gasteiger partial charge on any atom is -0.484 e. The number of benzene rings is 1. The molecule has 0 saturated carbocycles. The van der Waals surface area contributed by atoms with Crippen molar-refractivity contribution in [3.8, 4) is 5.75 Å². The highest BCUT2D eigenvalue weighted by molar-refractivity contribution is 6.07. The topological polar surface area (TPSA) is 293 Å². The predicted octanol–water partition coefficient (Wildman–Crippen LogP) is -2.49. The molecule has 19 nitrogen and oxygen atoms in total. The molecule has 1 aromatic heterocycles. The van der Waals surface area contributed by atoms with Crippen molar-refractivity contribution in [3.63, 3.8) is 0 Å². The summed E-state index contributed by atoms with van der Waals surface area (Å²) >= 11 is 0. The molecule has 2 bridgehead atoms. The van der Waals surface area contributed by atoms with E-state index in [0.29, 0.717) is 42.8 Å². The van der Waals surface area contributed by atoms with Gasteiger partial charge in [0.15, 0.2) is 12.6 Å². The van der Waals surface area contributed by atoms with Gasteiger partial charge in [-0.1, -0.05) is 46.2 Å². The molecule has 19 heteroatoms.